The zero-order valence-corrected chi connectivity index (χ0v) is 13.2. The van der Waals surface area contributed by atoms with Crippen molar-refractivity contribution in [3.63, 3.8) is 0 Å². The number of anilines is 1. The van der Waals surface area contributed by atoms with Gasteiger partial charge in [0.25, 0.3) is 0 Å². The van der Waals surface area contributed by atoms with Gasteiger partial charge in [0.05, 0.1) is 0 Å². The topological polar surface area (TPSA) is 16.1 Å². The van der Waals surface area contributed by atoms with E-state index in [0.717, 1.165) is 16.8 Å². The van der Waals surface area contributed by atoms with Gasteiger partial charge in [-0.1, -0.05) is 26.7 Å². The second-order valence-corrected chi connectivity index (χ2v) is 6.63. The highest BCUT2D eigenvalue weighted by Gasteiger charge is 2.24. The van der Waals surface area contributed by atoms with E-state index in [2.05, 4.69) is 52.7 Å². The van der Waals surface area contributed by atoms with Gasteiger partial charge in [0.1, 0.15) is 5.82 Å². The number of halogens is 1. The van der Waals surface area contributed by atoms with Gasteiger partial charge in [0, 0.05) is 23.3 Å². The molecule has 100 valence electrons. The Balaban J connectivity index is 2.23. The molecule has 3 heteroatoms. The van der Waals surface area contributed by atoms with Crippen molar-refractivity contribution in [1.29, 1.82) is 0 Å². The molecule has 0 N–H and O–H groups in total. The third kappa shape index (κ3) is 3.25. The number of hydrogen-bond donors (Lipinski definition) is 0. The molecule has 1 saturated carbocycles. The van der Waals surface area contributed by atoms with E-state index < -0.39 is 0 Å². The van der Waals surface area contributed by atoms with Crippen LogP contribution in [0.1, 0.15) is 45.1 Å². The predicted molar refractivity (Wildman–Crippen MR) is 81.1 cm³/mol. The largest absolute Gasteiger partial charge is 0.353 e. The molecular weight excluding hydrogens is 288 g/mol. The first kappa shape index (κ1) is 13.9. The third-order valence-corrected chi connectivity index (χ3v) is 4.48. The molecule has 0 bridgehead atoms. The molecule has 0 atom stereocenters. The van der Waals surface area contributed by atoms with Gasteiger partial charge < -0.3 is 4.90 Å². The maximum atomic E-state index is 4.62. The molecule has 1 fully saturated rings. The van der Waals surface area contributed by atoms with Gasteiger partial charge in [0.15, 0.2) is 0 Å². The molecule has 0 aromatic carbocycles. The summed E-state index contributed by atoms with van der Waals surface area (Å²) in [6.45, 7) is 7.82. The van der Waals surface area contributed by atoms with Crippen LogP contribution in [0.2, 0.25) is 0 Å². The fourth-order valence-electron chi connectivity index (χ4n) is 2.72. The highest BCUT2D eigenvalue weighted by molar-refractivity contribution is 9.10. The van der Waals surface area contributed by atoms with Crippen LogP contribution in [0.15, 0.2) is 16.7 Å². The molecule has 1 aromatic heterocycles. The Morgan fingerprint density at radius 3 is 2.61 bits per heavy atom. The highest BCUT2D eigenvalue weighted by Crippen LogP contribution is 2.29. The van der Waals surface area contributed by atoms with Gasteiger partial charge in [-0.2, -0.15) is 0 Å². The zero-order valence-electron chi connectivity index (χ0n) is 11.6. The third-order valence-electron chi connectivity index (χ3n) is 3.65. The summed E-state index contributed by atoms with van der Waals surface area (Å²) < 4.78 is 1.10. The minimum absolute atomic E-state index is 0.677. The Labute approximate surface area is 119 Å². The lowest BCUT2D eigenvalue weighted by atomic mass is 10.1. The number of aryl methyl sites for hydroxylation is 1. The minimum atomic E-state index is 0.677. The molecule has 0 saturated heterocycles. The summed E-state index contributed by atoms with van der Waals surface area (Å²) >= 11 is 3.53. The summed E-state index contributed by atoms with van der Waals surface area (Å²) in [6, 6.07) is 2.91. The van der Waals surface area contributed by atoms with Crippen molar-refractivity contribution >= 4 is 21.7 Å². The first-order valence-corrected chi connectivity index (χ1v) is 7.76. The van der Waals surface area contributed by atoms with E-state index in [1.54, 1.807) is 0 Å². The Bertz CT molecular complexity index is 397. The average molecular weight is 311 g/mol. The van der Waals surface area contributed by atoms with Crippen molar-refractivity contribution in [3.05, 3.63) is 22.3 Å². The van der Waals surface area contributed by atoms with E-state index in [9.17, 15) is 0 Å². The van der Waals surface area contributed by atoms with Gasteiger partial charge >= 0.3 is 0 Å². The van der Waals surface area contributed by atoms with Crippen molar-refractivity contribution < 1.29 is 0 Å². The summed E-state index contributed by atoms with van der Waals surface area (Å²) in [5, 5.41) is 0. The molecule has 1 aromatic rings. The first-order valence-electron chi connectivity index (χ1n) is 6.96. The maximum absolute atomic E-state index is 4.62. The van der Waals surface area contributed by atoms with Crippen LogP contribution in [0.4, 0.5) is 5.82 Å². The lowest BCUT2D eigenvalue weighted by Crippen LogP contribution is -2.37. The van der Waals surface area contributed by atoms with E-state index >= 15 is 0 Å². The normalized spacial score (nSPS) is 16.5. The van der Waals surface area contributed by atoms with Crippen molar-refractivity contribution in [1.82, 2.24) is 4.98 Å². The second kappa shape index (κ2) is 6.05. The van der Waals surface area contributed by atoms with E-state index in [1.165, 1.54) is 31.2 Å². The summed E-state index contributed by atoms with van der Waals surface area (Å²) in [5.41, 5.74) is 1.27. The molecule has 0 radical (unpaired) electrons. The fraction of sp³-hybridized carbons (Fsp3) is 0.667. The predicted octanol–water partition coefficient (Wildman–Crippen LogP) is 4.56. The van der Waals surface area contributed by atoms with Gasteiger partial charge in [-0.3, -0.25) is 0 Å². The standard InChI is InChI=1S/C15H23BrN2/c1-11(2)10-18(13-6-4-5-7-13)15-8-12(3)14(16)9-17-15/h8-9,11,13H,4-7,10H2,1-3H3. The summed E-state index contributed by atoms with van der Waals surface area (Å²) in [4.78, 5) is 7.14. The van der Waals surface area contributed by atoms with E-state index in [1.807, 2.05) is 6.20 Å². The summed E-state index contributed by atoms with van der Waals surface area (Å²) in [7, 11) is 0. The van der Waals surface area contributed by atoms with Crippen molar-refractivity contribution in [2.75, 3.05) is 11.4 Å². The van der Waals surface area contributed by atoms with Crippen LogP contribution in [0.3, 0.4) is 0 Å². The molecule has 18 heavy (non-hydrogen) atoms. The molecule has 1 aliphatic rings. The zero-order chi connectivity index (χ0) is 13.1. The maximum Gasteiger partial charge on any atom is 0.129 e. The molecule has 2 nitrogen and oxygen atoms in total. The molecule has 0 unspecified atom stereocenters. The molecule has 0 spiro atoms. The molecule has 1 aliphatic carbocycles. The van der Waals surface area contributed by atoms with Crippen molar-refractivity contribution in [2.45, 2.75) is 52.5 Å². The van der Waals surface area contributed by atoms with Gasteiger partial charge in [-0.15, -0.1) is 0 Å². The lowest BCUT2D eigenvalue weighted by Gasteiger charge is -2.32. The van der Waals surface area contributed by atoms with Gasteiger partial charge in [-0.25, -0.2) is 4.98 Å². The number of aromatic nitrogens is 1. The Hall–Kier alpha value is -0.570. The fourth-order valence-corrected chi connectivity index (χ4v) is 2.94. The van der Waals surface area contributed by atoms with Crippen LogP contribution in [0, 0.1) is 12.8 Å². The second-order valence-electron chi connectivity index (χ2n) is 5.78. The van der Waals surface area contributed by atoms with Crippen LogP contribution >= 0.6 is 15.9 Å². The SMILES string of the molecule is Cc1cc(N(CC(C)C)C2CCCC2)ncc1Br. The molecular formula is C15H23BrN2. The first-order chi connectivity index (χ1) is 8.58. The summed E-state index contributed by atoms with van der Waals surface area (Å²) in [5.74, 6) is 1.83. The van der Waals surface area contributed by atoms with Crippen LogP contribution in [-0.2, 0) is 0 Å². The monoisotopic (exact) mass is 310 g/mol. The highest BCUT2D eigenvalue weighted by atomic mass is 79.9. The number of nitrogens with zero attached hydrogens (tertiary/aromatic N) is 2. The van der Waals surface area contributed by atoms with E-state index in [4.69, 9.17) is 0 Å². The molecule has 2 rings (SSSR count). The Morgan fingerprint density at radius 2 is 2.06 bits per heavy atom. The van der Waals surface area contributed by atoms with Crippen LogP contribution in [-0.4, -0.2) is 17.6 Å². The van der Waals surface area contributed by atoms with Gasteiger partial charge in [0.2, 0.25) is 0 Å². The minimum Gasteiger partial charge on any atom is -0.353 e. The quantitative estimate of drug-likeness (QED) is 0.810. The smallest absolute Gasteiger partial charge is 0.129 e. The number of rotatable bonds is 4. The van der Waals surface area contributed by atoms with Crippen LogP contribution < -0.4 is 4.90 Å². The van der Waals surface area contributed by atoms with Crippen LogP contribution in [0.25, 0.3) is 0 Å². The summed E-state index contributed by atoms with van der Waals surface area (Å²) in [6.07, 6.45) is 7.32. The lowest BCUT2D eigenvalue weighted by molar-refractivity contribution is 0.531. The average Bonchev–Trinajstić information content (AvgIpc) is 2.83. The number of hydrogen-bond acceptors (Lipinski definition) is 2. The van der Waals surface area contributed by atoms with E-state index in [-0.39, 0.29) is 0 Å². The molecule has 0 amide bonds. The van der Waals surface area contributed by atoms with Gasteiger partial charge in [-0.05, 0) is 53.2 Å². The van der Waals surface area contributed by atoms with Crippen molar-refractivity contribution in [3.8, 4) is 0 Å². The van der Waals surface area contributed by atoms with Crippen molar-refractivity contribution in [2.24, 2.45) is 5.92 Å². The Kier molecular flexibility index (Phi) is 4.66. The number of pyridine rings is 1. The van der Waals surface area contributed by atoms with Crippen LogP contribution in [0.5, 0.6) is 0 Å². The molecule has 0 aliphatic heterocycles. The Morgan fingerprint density at radius 1 is 1.39 bits per heavy atom. The van der Waals surface area contributed by atoms with E-state index in [0.29, 0.717) is 12.0 Å². The molecule has 1 heterocycles.